The first-order valence-corrected chi connectivity index (χ1v) is 5.49. The molecule has 1 aromatic rings. The lowest BCUT2D eigenvalue weighted by Crippen LogP contribution is -2.44. The Morgan fingerprint density at radius 3 is 2.94 bits per heavy atom. The fourth-order valence-electron chi connectivity index (χ4n) is 1.13. The summed E-state index contributed by atoms with van der Waals surface area (Å²) < 4.78 is 0. The lowest BCUT2D eigenvalue weighted by atomic mass is 9.87. The molecular weight excluding hydrogens is 234 g/mol. The first kappa shape index (κ1) is 14.3. The van der Waals surface area contributed by atoms with Crippen molar-refractivity contribution in [1.82, 2.24) is 10.4 Å². The minimum atomic E-state index is -1.33. The highest BCUT2D eigenvalue weighted by molar-refractivity contribution is 5.84. The fourth-order valence-corrected chi connectivity index (χ4v) is 1.13. The van der Waals surface area contributed by atoms with Crippen LogP contribution in [0.4, 0.5) is 0 Å². The number of amides is 1. The van der Waals surface area contributed by atoms with Gasteiger partial charge in [0.15, 0.2) is 0 Å². The first-order chi connectivity index (χ1) is 8.47. The van der Waals surface area contributed by atoms with Gasteiger partial charge in [0.05, 0.1) is 12.8 Å². The molecular formula is C12H17N3O3. The standard InChI is InChI=1S/C12H17N3O3/c1-12(2,8-16)10(17)11(18)15-14-7-9-4-3-5-13-6-9/h3-7,10,16-17H,8H2,1-2H3,(H,15,18)/b14-7-. The van der Waals surface area contributed by atoms with Gasteiger partial charge in [0.1, 0.15) is 6.10 Å². The maximum Gasteiger partial charge on any atom is 0.269 e. The van der Waals surface area contributed by atoms with E-state index in [9.17, 15) is 9.90 Å². The van der Waals surface area contributed by atoms with Crippen molar-refractivity contribution < 1.29 is 15.0 Å². The van der Waals surface area contributed by atoms with Gasteiger partial charge in [-0.05, 0) is 6.07 Å². The Labute approximate surface area is 105 Å². The zero-order valence-electron chi connectivity index (χ0n) is 10.4. The second-order valence-electron chi connectivity index (χ2n) is 4.57. The molecule has 6 heteroatoms. The van der Waals surface area contributed by atoms with E-state index in [1.54, 1.807) is 38.4 Å². The average Bonchev–Trinajstić information content (AvgIpc) is 2.39. The van der Waals surface area contributed by atoms with Crippen LogP contribution in [0.3, 0.4) is 0 Å². The van der Waals surface area contributed by atoms with Crippen LogP contribution in [-0.4, -0.2) is 40.0 Å². The third-order valence-electron chi connectivity index (χ3n) is 2.47. The fraction of sp³-hybridized carbons (Fsp3) is 0.417. The van der Waals surface area contributed by atoms with Crippen molar-refractivity contribution in [1.29, 1.82) is 0 Å². The molecule has 0 fully saturated rings. The highest BCUT2D eigenvalue weighted by Crippen LogP contribution is 2.19. The van der Waals surface area contributed by atoms with Crippen molar-refractivity contribution in [3.63, 3.8) is 0 Å². The Morgan fingerprint density at radius 1 is 1.67 bits per heavy atom. The Morgan fingerprint density at radius 2 is 2.39 bits per heavy atom. The summed E-state index contributed by atoms with van der Waals surface area (Å²) in [7, 11) is 0. The van der Waals surface area contributed by atoms with Crippen LogP contribution in [0.5, 0.6) is 0 Å². The molecule has 0 saturated carbocycles. The van der Waals surface area contributed by atoms with E-state index < -0.39 is 17.4 Å². The average molecular weight is 251 g/mol. The monoisotopic (exact) mass is 251 g/mol. The van der Waals surface area contributed by atoms with Gasteiger partial charge in [-0.25, -0.2) is 5.43 Å². The predicted octanol–water partition coefficient (Wildman–Crippen LogP) is -0.0889. The van der Waals surface area contributed by atoms with Crippen LogP contribution in [0.2, 0.25) is 0 Å². The third kappa shape index (κ3) is 3.90. The molecule has 18 heavy (non-hydrogen) atoms. The van der Waals surface area contributed by atoms with Crippen molar-refractivity contribution >= 4 is 12.1 Å². The molecule has 1 amide bonds. The number of carbonyl (C=O) groups excluding carboxylic acids is 1. The van der Waals surface area contributed by atoms with Crippen molar-refractivity contribution in [2.75, 3.05) is 6.61 Å². The third-order valence-corrected chi connectivity index (χ3v) is 2.47. The maximum absolute atomic E-state index is 11.5. The van der Waals surface area contributed by atoms with Gasteiger partial charge >= 0.3 is 0 Å². The molecule has 1 rings (SSSR count). The smallest absolute Gasteiger partial charge is 0.269 e. The summed E-state index contributed by atoms with van der Waals surface area (Å²) >= 11 is 0. The summed E-state index contributed by atoms with van der Waals surface area (Å²) in [4.78, 5) is 15.4. The zero-order valence-corrected chi connectivity index (χ0v) is 10.4. The molecule has 0 aliphatic heterocycles. The van der Waals surface area contributed by atoms with E-state index >= 15 is 0 Å². The molecule has 3 N–H and O–H groups in total. The number of carbonyl (C=O) groups is 1. The van der Waals surface area contributed by atoms with E-state index in [4.69, 9.17) is 5.11 Å². The Bertz CT molecular complexity index is 418. The lowest BCUT2D eigenvalue weighted by Gasteiger charge is -2.26. The SMILES string of the molecule is CC(C)(CO)C(O)C(=O)N/N=C\c1cccnc1. The molecule has 1 atom stereocenters. The highest BCUT2D eigenvalue weighted by Gasteiger charge is 2.32. The summed E-state index contributed by atoms with van der Waals surface area (Å²) in [5, 5.41) is 22.4. The molecule has 0 aromatic carbocycles. The molecule has 0 aliphatic rings. The van der Waals surface area contributed by atoms with E-state index in [0.717, 1.165) is 5.56 Å². The van der Waals surface area contributed by atoms with Gasteiger partial charge in [0, 0.05) is 23.4 Å². The maximum atomic E-state index is 11.5. The van der Waals surface area contributed by atoms with E-state index in [-0.39, 0.29) is 6.61 Å². The van der Waals surface area contributed by atoms with E-state index in [1.165, 1.54) is 6.21 Å². The van der Waals surface area contributed by atoms with Crippen LogP contribution in [0.1, 0.15) is 19.4 Å². The normalized spacial score (nSPS) is 13.6. The molecule has 1 unspecified atom stereocenters. The van der Waals surface area contributed by atoms with Crippen LogP contribution < -0.4 is 5.43 Å². The lowest BCUT2D eigenvalue weighted by molar-refractivity contribution is -0.137. The van der Waals surface area contributed by atoms with Gasteiger partial charge < -0.3 is 10.2 Å². The molecule has 0 aliphatic carbocycles. The Kier molecular flexibility index (Phi) is 4.94. The number of aliphatic hydroxyl groups is 2. The Hall–Kier alpha value is -1.79. The number of nitrogens with one attached hydrogen (secondary N) is 1. The summed E-state index contributed by atoms with van der Waals surface area (Å²) in [5.74, 6) is -0.658. The van der Waals surface area contributed by atoms with Crippen molar-refractivity contribution in [2.24, 2.45) is 10.5 Å². The minimum absolute atomic E-state index is 0.298. The number of hydrazone groups is 1. The molecule has 1 heterocycles. The quantitative estimate of drug-likeness (QED) is 0.503. The van der Waals surface area contributed by atoms with E-state index in [1.807, 2.05) is 0 Å². The number of aliphatic hydroxyl groups excluding tert-OH is 2. The summed E-state index contributed by atoms with van der Waals surface area (Å²) in [6.07, 6.45) is 3.31. The zero-order chi connectivity index (χ0) is 13.6. The number of rotatable bonds is 5. The number of nitrogens with zero attached hydrogens (tertiary/aromatic N) is 2. The van der Waals surface area contributed by atoms with Gasteiger partial charge in [0.25, 0.3) is 5.91 Å². The molecule has 0 spiro atoms. The van der Waals surface area contributed by atoms with E-state index in [0.29, 0.717) is 0 Å². The first-order valence-electron chi connectivity index (χ1n) is 5.49. The van der Waals surface area contributed by atoms with Crippen LogP contribution in [0, 0.1) is 5.41 Å². The van der Waals surface area contributed by atoms with Gasteiger partial charge in [-0.3, -0.25) is 9.78 Å². The van der Waals surface area contributed by atoms with Crippen LogP contribution >= 0.6 is 0 Å². The van der Waals surface area contributed by atoms with Crippen molar-refractivity contribution in [2.45, 2.75) is 20.0 Å². The Balaban J connectivity index is 2.54. The molecule has 0 saturated heterocycles. The van der Waals surface area contributed by atoms with Gasteiger partial charge in [-0.15, -0.1) is 0 Å². The molecule has 6 nitrogen and oxygen atoms in total. The number of pyridine rings is 1. The minimum Gasteiger partial charge on any atom is -0.396 e. The van der Waals surface area contributed by atoms with Crippen molar-refractivity contribution in [3.8, 4) is 0 Å². The van der Waals surface area contributed by atoms with Crippen LogP contribution in [-0.2, 0) is 4.79 Å². The highest BCUT2D eigenvalue weighted by atomic mass is 16.3. The van der Waals surface area contributed by atoms with Gasteiger partial charge in [0.2, 0.25) is 0 Å². The van der Waals surface area contributed by atoms with Crippen LogP contribution in [0.25, 0.3) is 0 Å². The summed E-state index contributed by atoms with van der Waals surface area (Å²) in [6.45, 7) is 2.87. The summed E-state index contributed by atoms with van der Waals surface area (Å²) in [6, 6.07) is 3.52. The van der Waals surface area contributed by atoms with Crippen LogP contribution in [0.15, 0.2) is 29.6 Å². The largest absolute Gasteiger partial charge is 0.396 e. The molecule has 0 radical (unpaired) electrons. The predicted molar refractivity (Wildman–Crippen MR) is 66.8 cm³/mol. The molecule has 98 valence electrons. The number of hydrogen-bond acceptors (Lipinski definition) is 5. The molecule has 1 aromatic heterocycles. The number of aromatic nitrogens is 1. The number of hydrogen-bond donors (Lipinski definition) is 3. The van der Waals surface area contributed by atoms with E-state index in [2.05, 4.69) is 15.5 Å². The second-order valence-corrected chi connectivity index (χ2v) is 4.57. The van der Waals surface area contributed by atoms with Crippen molar-refractivity contribution in [3.05, 3.63) is 30.1 Å². The topological polar surface area (TPSA) is 94.8 Å². The molecule has 0 bridgehead atoms. The summed E-state index contributed by atoms with van der Waals surface area (Å²) in [5.41, 5.74) is 2.03. The van der Waals surface area contributed by atoms with Gasteiger partial charge in [-0.2, -0.15) is 5.10 Å². The van der Waals surface area contributed by atoms with Gasteiger partial charge in [-0.1, -0.05) is 19.9 Å². The second kappa shape index (κ2) is 6.23.